The summed E-state index contributed by atoms with van der Waals surface area (Å²) < 4.78 is 13.3. The van der Waals surface area contributed by atoms with Gasteiger partial charge in [0.15, 0.2) is 0 Å². The monoisotopic (exact) mass is 683 g/mol. The molecule has 10 nitrogen and oxygen atoms in total. The lowest BCUT2D eigenvalue weighted by molar-refractivity contribution is -0.164. The van der Waals surface area contributed by atoms with Crippen molar-refractivity contribution >= 4 is 29.4 Å². The fourth-order valence-corrected chi connectivity index (χ4v) is 8.23. The molecule has 1 N–H and O–H groups in total. The number of aryl methyl sites for hydroxylation is 2. The number of likely N-dealkylation sites (tertiary alicyclic amines) is 1. The third-order valence-corrected chi connectivity index (χ3v) is 11.4. The van der Waals surface area contributed by atoms with Gasteiger partial charge in [-0.3, -0.25) is 19.2 Å². The van der Waals surface area contributed by atoms with E-state index in [1.807, 2.05) is 95.3 Å². The smallest absolute Gasteiger partial charge is 0.313 e. The van der Waals surface area contributed by atoms with E-state index >= 15 is 9.59 Å². The van der Waals surface area contributed by atoms with Gasteiger partial charge in [0.25, 0.3) is 5.91 Å². The fraction of sp³-hybridized carbons (Fsp3) is 0.500. The zero-order valence-corrected chi connectivity index (χ0v) is 29.8. The first-order valence-corrected chi connectivity index (χ1v) is 17.8. The van der Waals surface area contributed by atoms with Gasteiger partial charge in [0.05, 0.1) is 30.7 Å². The van der Waals surface area contributed by atoms with Crippen molar-refractivity contribution < 1.29 is 33.8 Å². The summed E-state index contributed by atoms with van der Waals surface area (Å²) >= 11 is 0. The number of amides is 3. The van der Waals surface area contributed by atoms with E-state index in [0.717, 1.165) is 16.8 Å². The van der Waals surface area contributed by atoms with E-state index in [9.17, 15) is 14.7 Å². The van der Waals surface area contributed by atoms with Gasteiger partial charge in [-0.25, -0.2) is 0 Å². The van der Waals surface area contributed by atoms with Crippen molar-refractivity contribution in [2.24, 2.45) is 17.8 Å². The number of allylic oxidation sites excluding steroid dienone is 1. The summed E-state index contributed by atoms with van der Waals surface area (Å²) in [7, 11) is 1.71. The zero-order valence-electron chi connectivity index (χ0n) is 29.8. The second-order valence-electron chi connectivity index (χ2n) is 14.3. The molecule has 266 valence electrons. The molecule has 0 aliphatic carbocycles. The van der Waals surface area contributed by atoms with Crippen LogP contribution in [0.2, 0.25) is 0 Å². The Morgan fingerprint density at radius 3 is 2.46 bits per heavy atom. The number of hydrogen-bond donors (Lipinski definition) is 1. The molecule has 4 aliphatic rings. The molecule has 0 radical (unpaired) electrons. The van der Waals surface area contributed by atoms with Crippen LogP contribution in [0.3, 0.4) is 0 Å². The van der Waals surface area contributed by atoms with Crippen molar-refractivity contribution in [3.63, 3.8) is 0 Å². The first-order chi connectivity index (χ1) is 23.9. The highest BCUT2D eigenvalue weighted by molar-refractivity contribution is 6.06. The number of anilines is 1. The number of ether oxygens (including phenoxy) is 2. The first kappa shape index (κ1) is 35.5. The number of rotatable bonds is 6. The third-order valence-electron chi connectivity index (χ3n) is 11.4. The van der Waals surface area contributed by atoms with E-state index in [1.54, 1.807) is 29.0 Å². The van der Waals surface area contributed by atoms with Crippen molar-refractivity contribution in [3.8, 4) is 0 Å². The molecule has 4 aliphatic heterocycles. The number of hydrogen-bond acceptors (Lipinski definition) is 7. The van der Waals surface area contributed by atoms with Crippen LogP contribution in [0.25, 0.3) is 0 Å². The largest absolute Gasteiger partial charge is 0.455 e. The number of carbonyl (C=O) groups is 4. The van der Waals surface area contributed by atoms with Gasteiger partial charge in [-0.1, -0.05) is 87.0 Å². The van der Waals surface area contributed by atoms with Gasteiger partial charge in [-0.05, 0) is 55.9 Å². The summed E-state index contributed by atoms with van der Waals surface area (Å²) in [5.41, 5.74) is 1.82. The number of aliphatic hydroxyl groups excluding tert-OH is 1. The van der Waals surface area contributed by atoms with E-state index in [-0.39, 0.29) is 37.3 Å². The molecule has 10 heteroatoms. The first-order valence-electron chi connectivity index (χ1n) is 17.8. The van der Waals surface area contributed by atoms with Crippen LogP contribution in [0.15, 0.2) is 72.8 Å². The Morgan fingerprint density at radius 2 is 1.76 bits per heavy atom. The lowest BCUT2D eigenvalue weighted by atomic mass is 9.77. The molecule has 0 bridgehead atoms. The minimum atomic E-state index is -1.51. The average Bonchev–Trinajstić information content (AvgIpc) is 3.50. The predicted molar refractivity (Wildman–Crippen MR) is 189 cm³/mol. The molecule has 3 amide bonds. The van der Waals surface area contributed by atoms with Crippen molar-refractivity contribution in [1.29, 1.82) is 0 Å². The Morgan fingerprint density at radius 1 is 1.02 bits per heavy atom. The van der Waals surface area contributed by atoms with E-state index in [4.69, 9.17) is 9.47 Å². The lowest BCUT2D eigenvalue weighted by Gasteiger charge is -2.40. The number of benzene rings is 2. The lowest BCUT2D eigenvalue weighted by Crippen LogP contribution is -2.59. The van der Waals surface area contributed by atoms with Crippen LogP contribution < -0.4 is 4.90 Å². The molecule has 2 aromatic carbocycles. The number of carbonyl (C=O) groups excluding carboxylic acids is 4. The molecule has 2 aromatic rings. The van der Waals surface area contributed by atoms with Gasteiger partial charge < -0.3 is 29.3 Å². The van der Waals surface area contributed by atoms with E-state index in [2.05, 4.69) is 0 Å². The highest BCUT2D eigenvalue weighted by atomic mass is 16.6. The summed E-state index contributed by atoms with van der Waals surface area (Å²) in [4.78, 5) is 62.7. The Kier molecular flexibility index (Phi) is 10.1. The van der Waals surface area contributed by atoms with E-state index in [1.165, 1.54) is 4.90 Å². The summed E-state index contributed by atoms with van der Waals surface area (Å²) in [5.74, 6) is -3.82. The van der Waals surface area contributed by atoms with Gasteiger partial charge >= 0.3 is 5.97 Å². The minimum absolute atomic E-state index is 0.0890. The van der Waals surface area contributed by atoms with Crippen LogP contribution in [-0.2, 0) is 28.7 Å². The van der Waals surface area contributed by atoms with Gasteiger partial charge in [-0.2, -0.15) is 0 Å². The number of esters is 1. The Hall–Kier alpha value is -4.28. The number of likely N-dealkylation sites (N-methyl/N-ethyl adjacent to an activating group) is 1. The number of cyclic esters (lactones) is 1. The normalized spacial score (nSPS) is 31.9. The molecule has 0 saturated carbocycles. The maximum atomic E-state index is 15.0. The topological polar surface area (TPSA) is 117 Å². The number of aliphatic hydroxyl groups is 1. The molecule has 50 heavy (non-hydrogen) atoms. The van der Waals surface area contributed by atoms with Crippen LogP contribution in [0.4, 0.5) is 5.69 Å². The molecule has 9 atom stereocenters. The quantitative estimate of drug-likeness (QED) is 0.348. The highest BCUT2D eigenvalue weighted by Gasteiger charge is 2.73. The molecular formula is C40H49N3O7. The molecule has 2 fully saturated rings. The molecular weight excluding hydrogens is 634 g/mol. The maximum absolute atomic E-state index is 15.0. The van der Waals surface area contributed by atoms with E-state index in [0.29, 0.717) is 18.4 Å². The summed E-state index contributed by atoms with van der Waals surface area (Å²) in [6.45, 7) is 9.58. The average molecular weight is 684 g/mol. The van der Waals surface area contributed by atoms with Crippen LogP contribution in [0.5, 0.6) is 0 Å². The van der Waals surface area contributed by atoms with E-state index < -0.39 is 59.6 Å². The molecule has 1 spiro atoms. The van der Waals surface area contributed by atoms with Crippen LogP contribution in [-0.4, -0.2) is 88.6 Å². The third kappa shape index (κ3) is 5.96. The second-order valence-corrected chi connectivity index (χ2v) is 14.3. The molecule has 6 rings (SSSR count). The van der Waals surface area contributed by atoms with Gasteiger partial charge in [-0.15, -0.1) is 0 Å². The Balaban J connectivity index is 1.50. The second kappa shape index (κ2) is 14.2. The summed E-state index contributed by atoms with van der Waals surface area (Å²) in [6, 6.07) is 12.9. The minimum Gasteiger partial charge on any atom is -0.455 e. The molecule has 4 heterocycles. The van der Waals surface area contributed by atoms with Crippen molar-refractivity contribution in [1.82, 2.24) is 9.80 Å². The SMILES string of the molecule is CC[C@H](C)[C@H](CO)N1C(=O)[C@@H]2[C@H]3C(=O)O[C@H](c4ccccc4)[C@@H](C)N(C)C(=O)CC/C=C\[C@H]3O[C@@]23C=CCN(c2cc(C)ccc2C)C(=O)[C@@H]13. The predicted octanol–water partition coefficient (Wildman–Crippen LogP) is 4.68. The van der Waals surface area contributed by atoms with Gasteiger partial charge in [0.2, 0.25) is 11.8 Å². The van der Waals surface area contributed by atoms with Crippen molar-refractivity contribution in [3.05, 3.63) is 89.5 Å². The van der Waals surface area contributed by atoms with Crippen LogP contribution in [0.1, 0.15) is 62.8 Å². The van der Waals surface area contributed by atoms with Crippen LogP contribution >= 0.6 is 0 Å². The molecule has 2 saturated heterocycles. The Labute approximate surface area is 294 Å². The van der Waals surface area contributed by atoms with Crippen LogP contribution in [0, 0.1) is 31.6 Å². The number of fused-ring (bicyclic) bond motifs is 2. The summed E-state index contributed by atoms with van der Waals surface area (Å²) in [5, 5.41) is 10.8. The Bertz CT molecular complexity index is 1690. The van der Waals surface area contributed by atoms with Gasteiger partial charge in [0.1, 0.15) is 23.7 Å². The zero-order chi connectivity index (χ0) is 35.9. The maximum Gasteiger partial charge on any atom is 0.313 e. The number of nitrogens with zero attached hydrogens (tertiary/aromatic N) is 3. The summed E-state index contributed by atoms with van der Waals surface area (Å²) in [6.07, 6.45) is 6.79. The van der Waals surface area contributed by atoms with Crippen molar-refractivity contribution in [2.75, 3.05) is 25.1 Å². The van der Waals surface area contributed by atoms with Crippen molar-refractivity contribution in [2.45, 2.75) is 89.8 Å². The highest BCUT2D eigenvalue weighted by Crippen LogP contribution is 2.54. The molecule has 0 aromatic heterocycles. The standard InChI is InChI=1S/C40H49N3O7/c1-7-25(3)30(23-44)43-36-38(47)42(29-22-24(2)18-19-26(29)4)21-13-20-40(36)34(37(43)46)33-31(50-40)16-11-12-17-32(45)41(6)27(5)35(49-39(33)48)28-14-9-8-10-15-28/h8-11,13-16,18-20,22,25,27,30-31,33-36,44H,7,12,17,21,23H2,1-6H3/b16-11-/t25-,27+,30-,31+,33-,34-,35-,36+,40-/m0/s1. The molecule has 0 unspecified atom stereocenters. The fourth-order valence-electron chi connectivity index (χ4n) is 8.23. The van der Waals surface area contributed by atoms with Gasteiger partial charge in [0, 0.05) is 25.7 Å².